The fraction of sp³-hybridized carbons (Fsp3) is 0.800. The lowest BCUT2D eigenvalue weighted by Gasteiger charge is -2.44. The molecule has 1 atom stereocenters. The number of halogens is 1. The van der Waals surface area contributed by atoms with Gasteiger partial charge in [-0.2, -0.15) is 5.10 Å². The SMILES string of the molecule is CCCC1CNC(C)(C)CN1Cc1c(C)nn(C)c1Cl. The molecule has 0 amide bonds. The van der Waals surface area contributed by atoms with Crippen molar-refractivity contribution in [3.63, 3.8) is 0 Å². The van der Waals surface area contributed by atoms with Crippen LogP contribution in [0.3, 0.4) is 0 Å². The van der Waals surface area contributed by atoms with E-state index in [0.29, 0.717) is 6.04 Å². The number of aromatic nitrogens is 2. The van der Waals surface area contributed by atoms with Crippen molar-refractivity contribution >= 4 is 11.6 Å². The molecule has 2 heterocycles. The summed E-state index contributed by atoms with van der Waals surface area (Å²) in [4.78, 5) is 2.57. The van der Waals surface area contributed by atoms with Gasteiger partial charge in [-0.3, -0.25) is 9.58 Å². The van der Waals surface area contributed by atoms with Crippen LogP contribution in [0.15, 0.2) is 0 Å². The van der Waals surface area contributed by atoms with Crippen molar-refractivity contribution in [3.8, 4) is 0 Å². The Bertz CT molecular complexity index is 467. The van der Waals surface area contributed by atoms with Crippen molar-refractivity contribution in [1.29, 1.82) is 0 Å². The summed E-state index contributed by atoms with van der Waals surface area (Å²) in [5.41, 5.74) is 2.38. The van der Waals surface area contributed by atoms with Gasteiger partial charge in [-0.15, -0.1) is 0 Å². The van der Waals surface area contributed by atoms with Gasteiger partial charge in [0.25, 0.3) is 0 Å². The maximum atomic E-state index is 6.39. The topological polar surface area (TPSA) is 33.1 Å². The Morgan fingerprint density at radius 2 is 2.15 bits per heavy atom. The van der Waals surface area contributed by atoms with Crippen molar-refractivity contribution in [2.75, 3.05) is 13.1 Å². The summed E-state index contributed by atoms with van der Waals surface area (Å²) in [6, 6.07) is 0.587. The lowest BCUT2D eigenvalue weighted by Crippen LogP contribution is -2.61. The van der Waals surface area contributed by atoms with Crippen molar-refractivity contribution in [1.82, 2.24) is 20.0 Å². The largest absolute Gasteiger partial charge is 0.309 e. The molecule has 1 aromatic heterocycles. The Morgan fingerprint density at radius 1 is 1.45 bits per heavy atom. The molecule has 2 rings (SSSR count). The van der Waals surface area contributed by atoms with E-state index in [4.69, 9.17) is 11.6 Å². The number of nitrogens with one attached hydrogen (secondary N) is 1. The molecule has 1 saturated heterocycles. The van der Waals surface area contributed by atoms with Crippen LogP contribution in [0.1, 0.15) is 44.9 Å². The van der Waals surface area contributed by atoms with Crippen LogP contribution in [0.2, 0.25) is 5.15 Å². The molecule has 1 aliphatic heterocycles. The number of hydrogen-bond acceptors (Lipinski definition) is 3. The third-order valence-corrected chi connectivity index (χ3v) is 4.66. The first-order valence-corrected chi connectivity index (χ1v) is 7.89. The predicted octanol–water partition coefficient (Wildman–Crippen LogP) is 2.73. The number of nitrogens with zero attached hydrogens (tertiary/aromatic N) is 3. The van der Waals surface area contributed by atoms with Crippen LogP contribution in [-0.4, -0.2) is 39.4 Å². The van der Waals surface area contributed by atoms with Crippen LogP contribution in [-0.2, 0) is 13.6 Å². The predicted molar refractivity (Wildman–Crippen MR) is 84.1 cm³/mol. The van der Waals surface area contributed by atoms with E-state index < -0.39 is 0 Å². The lowest BCUT2D eigenvalue weighted by molar-refractivity contribution is 0.0825. The molecule has 1 aliphatic rings. The second-order valence-corrected chi connectivity index (χ2v) is 6.95. The van der Waals surface area contributed by atoms with Gasteiger partial charge in [0.15, 0.2) is 0 Å². The zero-order valence-corrected chi connectivity index (χ0v) is 14.1. The van der Waals surface area contributed by atoms with E-state index in [0.717, 1.165) is 30.5 Å². The standard InChI is InChI=1S/C15H27ClN4/c1-6-7-12-8-17-15(3,4)10-20(12)9-13-11(2)18-19(5)14(13)16/h12,17H,6-10H2,1-5H3. The highest BCUT2D eigenvalue weighted by molar-refractivity contribution is 6.30. The van der Waals surface area contributed by atoms with E-state index >= 15 is 0 Å². The Morgan fingerprint density at radius 3 is 2.70 bits per heavy atom. The molecule has 5 heteroatoms. The molecule has 0 bridgehead atoms. The summed E-state index contributed by atoms with van der Waals surface area (Å²) in [6.07, 6.45) is 2.43. The van der Waals surface area contributed by atoms with Gasteiger partial charge in [0.1, 0.15) is 5.15 Å². The molecule has 0 saturated carbocycles. The van der Waals surface area contributed by atoms with E-state index in [2.05, 4.69) is 36.1 Å². The van der Waals surface area contributed by atoms with E-state index in [1.54, 1.807) is 4.68 Å². The third kappa shape index (κ3) is 3.35. The second-order valence-electron chi connectivity index (χ2n) is 6.59. The van der Waals surface area contributed by atoms with E-state index in [-0.39, 0.29) is 5.54 Å². The van der Waals surface area contributed by atoms with Crippen LogP contribution in [0.25, 0.3) is 0 Å². The van der Waals surface area contributed by atoms with Crippen LogP contribution in [0, 0.1) is 6.92 Å². The molecular formula is C15H27ClN4. The Labute approximate surface area is 127 Å². The quantitative estimate of drug-likeness (QED) is 0.928. The first kappa shape index (κ1) is 15.8. The summed E-state index contributed by atoms with van der Waals surface area (Å²) in [5, 5.41) is 8.85. The average molecular weight is 299 g/mol. The first-order valence-electron chi connectivity index (χ1n) is 7.51. The monoisotopic (exact) mass is 298 g/mol. The minimum Gasteiger partial charge on any atom is -0.309 e. The van der Waals surface area contributed by atoms with Crippen molar-refractivity contribution < 1.29 is 0 Å². The number of aryl methyl sites for hydroxylation is 2. The number of piperazine rings is 1. The van der Waals surface area contributed by atoms with Gasteiger partial charge < -0.3 is 5.32 Å². The van der Waals surface area contributed by atoms with E-state index in [9.17, 15) is 0 Å². The van der Waals surface area contributed by atoms with E-state index in [1.165, 1.54) is 18.4 Å². The Balaban J connectivity index is 2.18. The van der Waals surface area contributed by atoms with Gasteiger partial charge in [0.2, 0.25) is 0 Å². The zero-order chi connectivity index (χ0) is 14.9. The zero-order valence-electron chi connectivity index (χ0n) is 13.3. The molecule has 0 aromatic carbocycles. The molecule has 1 aromatic rings. The lowest BCUT2D eigenvalue weighted by atomic mass is 9.96. The van der Waals surface area contributed by atoms with E-state index in [1.807, 2.05) is 14.0 Å². The molecule has 114 valence electrons. The van der Waals surface area contributed by atoms with Gasteiger partial charge in [-0.05, 0) is 27.2 Å². The maximum Gasteiger partial charge on any atom is 0.131 e. The maximum absolute atomic E-state index is 6.39. The van der Waals surface area contributed by atoms with Crippen LogP contribution >= 0.6 is 11.6 Å². The third-order valence-electron chi connectivity index (χ3n) is 4.18. The van der Waals surface area contributed by atoms with Gasteiger partial charge >= 0.3 is 0 Å². The number of hydrogen-bond donors (Lipinski definition) is 1. The molecule has 1 fully saturated rings. The van der Waals surface area contributed by atoms with Crippen LogP contribution in [0.5, 0.6) is 0 Å². The minimum atomic E-state index is 0.160. The minimum absolute atomic E-state index is 0.160. The Hall–Kier alpha value is -0.580. The number of rotatable bonds is 4. The smallest absolute Gasteiger partial charge is 0.131 e. The summed E-state index contributed by atoms with van der Waals surface area (Å²) in [5.74, 6) is 0. The van der Waals surface area contributed by atoms with Crippen molar-refractivity contribution in [3.05, 3.63) is 16.4 Å². The molecule has 0 spiro atoms. The molecule has 1 N–H and O–H groups in total. The van der Waals surface area contributed by atoms with Gasteiger partial charge in [-0.1, -0.05) is 24.9 Å². The summed E-state index contributed by atoms with van der Waals surface area (Å²) in [7, 11) is 1.91. The van der Waals surface area contributed by atoms with Gasteiger partial charge in [0, 0.05) is 43.8 Å². The molecule has 0 aliphatic carbocycles. The van der Waals surface area contributed by atoms with Gasteiger partial charge in [-0.25, -0.2) is 0 Å². The Kier molecular flexibility index (Phi) is 4.77. The summed E-state index contributed by atoms with van der Waals surface area (Å²) >= 11 is 6.39. The highest BCUT2D eigenvalue weighted by Gasteiger charge is 2.32. The first-order chi connectivity index (χ1) is 9.34. The highest BCUT2D eigenvalue weighted by atomic mass is 35.5. The summed E-state index contributed by atoms with van der Waals surface area (Å²) < 4.78 is 1.77. The molecule has 0 radical (unpaired) electrons. The fourth-order valence-corrected chi connectivity index (χ4v) is 3.31. The molecule has 1 unspecified atom stereocenters. The molecule has 20 heavy (non-hydrogen) atoms. The van der Waals surface area contributed by atoms with Crippen molar-refractivity contribution in [2.24, 2.45) is 7.05 Å². The second kappa shape index (κ2) is 6.04. The fourth-order valence-electron chi connectivity index (χ4n) is 3.08. The molecule has 4 nitrogen and oxygen atoms in total. The van der Waals surface area contributed by atoms with Crippen molar-refractivity contribution in [2.45, 2.75) is 58.7 Å². The molecular weight excluding hydrogens is 272 g/mol. The normalized spacial score (nSPS) is 23.2. The average Bonchev–Trinajstić information content (AvgIpc) is 2.59. The van der Waals surface area contributed by atoms with Crippen LogP contribution < -0.4 is 5.32 Å². The highest BCUT2D eigenvalue weighted by Crippen LogP contribution is 2.25. The summed E-state index contributed by atoms with van der Waals surface area (Å²) in [6.45, 7) is 11.8. The van der Waals surface area contributed by atoms with Gasteiger partial charge in [0.05, 0.1) is 5.69 Å². The van der Waals surface area contributed by atoms with Crippen LogP contribution in [0.4, 0.5) is 0 Å².